The van der Waals surface area contributed by atoms with Gasteiger partial charge in [0.15, 0.2) is 5.78 Å². The van der Waals surface area contributed by atoms with E-state index in [1.54, 1.807) is 0 Å². The smallest absolute Gasteiger partial charge is 0.337 e. The Morgan fingerprint density at radius 2 is 1.59 bits per heavy atom. The SMILES string of the molecule is C=CC(=O)c1c(I)c(N)c(I)c(C(=O)O)c1I. The van der Waals surface area contributed by atoms with Crippen LogP contribution in [0.3, 0.4) is 0 Å². The fraction of sp³-hybridized carbons (Fsp3) is 0. The molecule has 0 fully saturated rings. The Kier molecular flexibility index (Phi) is 5.19. The van der Waals surface area contributed by atoms with Crippen LogP contribution < -0.4 is 5.73 Å². The van der Waals surface area contributed by atoms with Crippen LogP contribution >= 0.6 is 67.8 Å². The molecule has 0 saturated heterocycles. The van der Waals surface area contributed by atoms with Gasteiger partial charge >= 0.3 is 5.97 Å². The molecule has 90 valence electrons. The van der Waals surface area contributed by atoms with Crippen molar-refractivity contribution < 1.29 is 14.7 Å². The Labute approximate surface area is 138 Å². The van der Waals surface area contributed by atoms with Gasteiger partial charge in [0.2, 0.25) is 0 Å². The molecule has 0 amide bonds. The molecule has 0 spiro atoms. The van der Waals surface area contributed by atoms with Gasteiger partial charge in [-0.1, -0.05) is 6.58 Å². The number of allylic oxidation sites excluding steroid dienone is 1. The van der Waals surface area contributed by atoms with Crippen LogP contribution in [0.15, 0.2) is 12.7 Å². The summed E-state index contributed by atoms with van der Waals surface area (Å²) in [6.07, 6.45) is 1.15. The molecule has 3 N–H and O–H groups in total. The predicted octanol–water partition coefficient (Wildman–Crippen LogP) is 3.15. The lowest BCUT2D eigenvalue weighted by molar-refractivity contribution is 0.0694. The van der Waals surface area contributed by atoms with Crippen molar-refractivity contribution in [3.05, 3.63) is 34.5 Å². The second kappa shape index (κ2) is 5.82. The van der Waals surface area contributed by atoms with E-state index in [2.05, 4.69) is 6.58 Å². The molecule has 4 nitrogen and oxygen atoms in total. The first-order valence-corrected chi connectivity index (χ1v) is 7.42. The van der Waals surface area contributed by atoms with Gasteiger partial charge in [0.25, 0.3) is 0 Å². The molecule has 0 radical (unpaired) electrons. The van der Waals surface area contributed by atoms with Crippen LogP contribution in [0.4, 0.5) is 5.69 Å². The van der Waals surface area contributed by atoms with Crippen molar-refractivity contribution in [2.24, 2.45) is 0 Å². The van der Waals surface area contributed by atoms with Gasteiger partial charge in [-0.3, -0.25) is 4.79 Å². The van der Waals surface area contributed by atoms with Crippen LogP contribution in [-0.4, -0.2) is 16.9 Å². The molecular weight excluding hydrogens is 563 g/mol. The van der Waals surface area contributed by atoms with Gasteiger partial charge in [-0.25, -0.2) is 4.79 Å². The number of hydrogen-bond acceptors (Lipinski definition) is 3. The van der Waals surface area contributed by atoms with E-state index in [1.807, 2.05) is 67.8 Å². The third kappa shape index (κ3) is 2.75. The highest BCUT2D eigenvalue weighted by atomic mass is 127. The van der Waals surface area contributed by atoms with Crippen LogP contribution in [0, 0.1) is 10.7 Å². The summed E-state index contributed by atoms with van der Waals surface area (Å²) >= 11 is 5.66. The van der Waals surface area contributed by atoms with E-state index in [1.165, 1.54) is 0 Å². The minimum absolute atomic E-state index is 0.0642. The number of ketones is 1. The lowest BCUT2D eigenvalue weighted by Gasteiger charge is -2.13. The summed E-state index contributed by atoms with van der Waals surface area (Å²) in [5, 5.41) is 9.14. The number of halogens is 3. The summed E-state index contributed by atoms with van der Waals surface area (Å²) in [7, 11) is 0. The number of carboxylic acid groups (broad SMARTS) is 1. The Morgan fingerprint density at radius 3 is 2.00 bits per heavy atom. The van der Waals surface area contributed by atoms with E-state index >= 15 is 0 Å². The van der Waals surface area contributed by atoms with Crippen LogP contribution in [0.25, 0.3) is 0 Å². The molecule has 17 heavy (non-hydrogen) atoms. The number of rotatable bonds is 3. The molecule has 0 atom stereocenters. The Balaban J connectivity index is 3.80. The summed E-state index contributed by atoms with van der Waals surface area (Å²) in [6, 6.07) is 0. The second-order valence-electron chi connectivity index (χ2n) is 2.98. The van der Waals surface area contributed by atoms with E-state index < -0.39 is 5.97 Å². The lowest BCUT2D eigenvalue weighted by Crippen LogP contribution is -2.14. The Bertz CT molecular complexity index is 540. The number of anilines is 1. The van der Waals surface area contributed by atoms with Crippen molar-refractivity contribution in [2.75, 3.05) is 5.73 Å². The van der Waals surface area contributed by atoms with Crippen LogP contribution in [0.1, 0.15) is 20.7 Å². The fourth-order valence-electron chi connectivity index (χ4n) is 1.19. The summed E-state index contributed by atoms with van der Waals surface area (Å²) < 4.78 is 1.40. The van der Waals surface area contributed by atoms with E-state index in [0.29, 0.717) is 22.0 Å². The van der Waals surface area contributed by atoms with Gasteiger partial charge in [-0.2, -0.15) is 0 Å². The van der Waals surface area contributed by atoms with Crippen molar-refractivity contribution in [2.45, 2.75) is 0 Å². The number of nitrogen functional groups attached to an aromatic ring is 1. The quantitative estimate of drug-likeness (QED) is 0.254. The molecule has 0 unspecified atom stereocenters. The molecule has 0 aliphatic rings. The number of benzene rings is 1. The number of carbonyl (C=O) groups is 2. The highest BCUT2D eigenvalue weighted by Crippen LogP contribution is 2.34. The average molecular weight is 569 g/mol. The molecule has 1 aromatic rings. The van der Waals surface area contributed by atoms with Gasteiger partial charge in [0.05, 0.1) is 20.4 Å². The zero-order valence-electron chi connectivity index (χ0n) is 8.26. The molecular formula is C10H6I3NO3. The lowest BCUT2D eigenvalue weighted by atomic mass is 10.1. The van der Waals surface area contributed by atoms with Gasteiger partial charge < -0.3 is 10.8 Å². The molecule has 0 heterocycles. The average Bonchev–Trinajstić information content (AvgIpc) is 2.25. The standard InChI is InChI=1S/C10H6I3NO3/c1-2-3(15)4-6(11)5(10(16)17)8(13)9(14)7(4)12/h2H,1,14H2,(H,16,17). The van der Waals surface area contributed by atoms with Crippen molar-refractivity contribution in [3.8, 4) is 0 Å². The molecule has 0 aliphatic heterocycles. The molecule has 0 aromatic heterocycles. The molecule has 0 aliphatic carbocycles. The first kappa shape index (κ1) is 15.1. The summed E-state index contributed by atoms with van der Waals surface area (Å²) in [4.78, 5) is 22.9. The van der Waals surface area contributed by atoms with E-state index in [4.69, 9.17) is 10.8 Å². The van der Waals surface area contributed by atoms with Gasteiger partial charge in [0.1, 0.15) is 0 Å². The van der Waals surface area contributed by atoms with Gasteiger partial charge in [-0.15, -0.1) is 0 Å². The largest absolute Gasteiger partial charge is 0.478 e. The van der Waals surface area contributed by atoms with Crippen molar-refractivity contribution in [1.29, 1.82) is 0 Å². The summed E-state index contributed by atoms with van der Waals surface area (Å²) in [5.74, 6) is -1.43. The first-order chi connectivity index (χ1) is 7.82. The predicted molar refractivity (Wildman–Crippen MR) is 90.5 cm³/mol. The fourth-order valence-corrected chi connectivity index (χ4v) is 5.35. The number of hydrogen-bond donors (Lipinski definition) is 2. The molecule has 1 rings (SSSR count). The minimum Gasteiger partial charge on any atom is -0.478 e. The third-order valence-corrected chi connectivity index (χ3v) is 5.32. The number of aromatic carboxylic acids is 1. The van der Waals surface area contributed by atoms with Crippen molar-refractivity contribution >= 4 is 85.2 Å². The zero-order chi connectivity index (χ0) is 13.3. The maximum atomic E-state index is 11.7. The van der Waals surface area contributed by atoms with E-state index in [0.717, 1.165) is 6.08 Å². The highest BCUT2D eigenvalue weighted by molar-refractivity contribution is 14.1. The van der Waals surface area contributed by atoms with Gasteiger partial charge in [0, 0.05) is 7.14 Å². The van der Waals surface area contributed by atoms with Crippen molar-refractivity contribution in [3.63, 3.8) is 0 Å². The zero-order valence-corrected chi connectivity index (χ0v) is 14.7. The molecule has 0 saturated carbocycles. The number of nitrogens with two attached hydrogens (primary N) is 1. The van der Waals surface area contributed by atoms with Gasteiger partial charge in [-0.05, 0) is 73.8 Å². The topological polar surface area (TPSA) is 80.4 Å². The normalized spacial score (nSPS) is 10.1. The first-order valence-electron chi connectivity index (χ1n) is 4.18. The monoisotopic (exact) mass is 569 g/mol. The maximum absolute atomic E-state index is 11.7. The van der Waals surface area contributed by atoms with E-state index in [-0.39, 0.29) is 11.3 Å². The Morgan fingerprint density at radius 1 is 1.12 bits per heavy atom. The molecule has 0 bridgehead atoms. The number of carbonyl (C=O) groups excluding carboxylic acids is 1. The summed E-state index contributed by atoms with van der Waals surface area (Å²) in [5.41, 5.74) is 6.50. The summed E-state index contributed by atoms with van der Waals surface area (Å²) in [6.45, 7) is 3.40. The highest BCUT2D eigenvalue weighted by Gasteiger charge is 2.25. The molecule has 1 aromatic carbocycles. The minimum atomic E-state index is -1.10. The maximum Gasteiger partial charge on any atom is 0.337 e. The van der Waals surface area contributed by atoms with Crippen LogP contribution in [0.2, 0.25) is 0 Å². The van der Waals surface area contributed by atoms with Crippen molar-refractivity contribution in [1.82, 2.24) is 0 Å². The van der Waals surface area contributed by atoms with Crippen LogP contribution in [0.5, 0.6) is 0 Å². The van der Waals surface area contributed by atoms with E-state index in [9.17, 15) is 9.59 Å². The number of carboxylic acids is 1. The Hall–Kier alpha value is 0.0900. The van der Waals surface area contributed by atoms with Crippen LogP contribution in [-0.2, 0) is 0 Å². The molecule has 7 heteroatoms. The third-order valence-electron chi connectivity index (χ3n) is 2.00. The second-order valence-corrected chi connectivity index (χ2v) is 6.22.